The lowest BCUT2D eigenvalue weighted by atomic mass is 10.0. The van der Waals surface area contributed by atoms with Crippen molar-refractivity contribution in [3.05, 3.63) is 131 Å². The molecule has 4 aromatic rings. The molecular weight excluding hydrogens is 592 g/mol. The van der Waals surface area contributed by atoms with Gasteiger partial charge in [-0.05, 0) is 66.2 Å². The van der Waals surface area contributed by atoms with Crippen LogP contribution in [0.25, 0.3) is 0 Å². The van der Waals surface area contributed by atoms with E-state index in [-0.39, 0.29) is 0 Å². The summed E-state index contributed by atoms with van der Waals surface area (Å²) >= 11 is 7.47. The molecule has 0 bridgehead atoms. The maximum atomic E-state index is 3.80. The van der Waals surface area contributed by atoms with Crippen LogP contribution in [0.3, 0.4) is 0 Å². The van der Waals surface area contributed by atoms with E-state index < -0.39 is 0 Å². The zero-order valence-electron chi connectivity index (χ0n) is 23.2. The summed E-state index contributed by atoms with van der Waals surface area (Å²) in [6.45, 7) is 3.87. The van der Waals surface area contributed by atoms with E-state index >= 15 is 0 Å². The van der Waals surface area contributed by atoms with Gasteiger partial charge in [0.05, 0.1) is 0 Å². The van der Waals surface area contributed by atoms with Gasteiger partial charge < -0.3 is 10.6 Å². The zero-order chi connectivity index (χ0) is 27.7. The van der Waals surface area contributed by atoms with E-state index in [4.69, 9.17) is 0 Å². The Labute approximate surface area is 258 Å². The van der Waals surface area contributed by atoms with Gasteiger partial charge in [0, 0.05) is 39.7 Å². The SMILES string of the molecule is BrCCCCC(CNCc1ccccc1SCc1ccccc1)CNCc1ccccc1SCc1ccccc1. The lowest BCUT2D eigenvalue weighted by molar-refractivity contribution is 0.403. The number of rotatable bonds is 18. The van der Waals surface area contributed by atoms with Crippen LogP contribution in [0, 0.1) is 5.92 Å². The van der Waals surface area contributed by atoms with Crippen molar-refractivity contribution in [3.63, 3.8) is 0 Å². The molecule has 2 nitrogen and oxygen atoms in total. The normalized spacial score (nSPS) is 11.2. The zero-order valence-corrected chi connectivity index (χ0v) is 26.5. The van der Waals surface area contributed by atoms with Crippen LogP contribution < -0.4 is 10.6 Å². The number of halogens is 1. The van der Waals surface area contributed by atoms with E-state index in [0.717, 1.165) is 43.0 Å². The molecule has 5 heteroatoms. The molecule has 0 aliphatic heterocycles. The number of thioether (sulfide) groups is 2. The molecule has 0 radical (unpaired) electrons. The molecule has 0 saturated heterocycles. The number of hydrogen-bond donors (Lipinski definition) is 2. The Morgan fingerprint density at radius 3 is 1.48 bits per heavy atom. The standard InChI is InChI=1S/C35H41BrN2S2/c36-22-12-11-17-31(23-37-25-32-18-7-9-20-34(32)39-27-29-13-3-1-4-14-29)24-38-26-33-19-8-10-21-35(33)40-28-30-15-5-2-6-16-30/h1-10,13-16,18-21,31,37-38H,11-12,17,22-28H2. The molecular formula is C35H41BrN2S2. The number of alkyl halides is 1. The van der Waals surface area contributed by atoms with Crippen molar-refractivity contribution >= 4 is 39.5 Å². The van der Waals surface area contributed by atoms with Crippen LogP contribution in [-0.2, 0) is 24.6 Å². The van der Waals surface area contributed by atoms with Gasteiger partial charge in [-0.25, -0.2) is 0 Å². The van der Waals surface area contributed by atoms with Gasteiger partial charge in [0.15, 0.2) is 0 Å². The van der Waals surface area contributed by atoms with Crippen molar-refractivity contribution in [2.75, 3.05) is 18.4 Å². The molecule has 0 aliphatic rings. The first-order valence-corrected chi connectivity index (χ1v) is 17.4. The highest BCUT2D eigenvalue weighted by atomic mass is 79.9. The topological polar surface area (TPSA) is 24.1 Å². The van der Waals surface area contributed by atoms with E-state index in [2.05, 4.69) is 136 Å². The Hall–Kier alpha value is -2.02. The van der Waals surface area contributed by atoms with Gasteiger partial charge in [-0.3, -0.25) is 0 Å². The summed E-state index contributed by atoms with van der Waals surface area (Å²) in [4.78, 5) is 2.75. The molecule has 210 valence electrons. The van der Waals surface area contributed by atoms with Gasteiger partial charge in [0.2, 0.25) is 0 Å². The fourth-order valence-electron chi connectivity index (χ4n) is 4.68. The number of unbranched alkanes of at least 4 members (excludes halogenated alkanes) is 1. The lowest BCUT2D eigenvalue weighted by Gasteiger charge is -2.20. The molecule has 2 N–H and O–H groups in total. The number of benzene rings is 4. The van der Waals surface area contributed by atoms with Crippen LogP contribution >= 0.6 is 39.5 Å². The molecule has 0 aromatic heterocycles. The molecule has 4 rings (SSSR count). The fraction of sp³-hybridized carbons (Fsp3) is 0.314. The van der Waals surface area contributed by atoms with Crippen molar-refractivity contribution < 1.29 is 0 Å². The molecule has 0 heterocycles. The van der Waals surface area contributed by atoms with Crippen molar-refractivity contribution in [1.82, 2.24) is 10.6 Å². The van der Waals surface area contributed by atoms with E-state index in [1.165, 1.54) is 51.3 Å². The number of nitrogens with one attached hydrogen (secondary N) is 2. The predicted octanol–water partition coefficient (Wildman–Crippen LogP) is 9.33. The van der Waals surface area contributed by atoms with Crippen LogP contribution in [0.2, 0.25) is 0 Å². The van der Waals surface area contributed by atoms with E-state index in [0.29, 0.717) is 5.92 Å². The first-order chi connectivity index (χ1) is 19.8. The summed E-state index contributed by atoms with van der Waals surface area (Å²) in [6.07, 6.45) is 3.72. The highest BCUT2D eigenvalue weighted by molar-refractivity contribution is 9.09. The molecule has 40 heavy (non-hydrogen) atoms. The second kappa shape index (κ2) is 18.4. The lowest BCUT2D eigenvalue weighted by Crippen LogP contribution is -2.31. The van der Waals surface area contributed by atoms with Gasteiger partial charge in [0.1, 0.15) is 0 Å². The quantitative estimate of drug-likeness (QED) is 0.0648. The fourth-order valence-corrected chi connectivity index (χ4v) is 7.10. The van der Waals surface area contributed by atoms with Crippen molar-refractivity contribution in [1.29, 1.82) is 0 Å². The smallest absolute Gasteiger partial charge is 0.0232 e. The molecule has 0 spiro atoms. The molecule has 0 atom stereocenters. The highest BCUT2D eigenvalue weighted by Gasteiger charge is 2.11. The summed E-state index contributed by atoms with van der Waals surface area (Å²) in [5, 5.41) is 8.68. The van der Waals surface area contributed by atoms with E-state index in [9.17, 15) is 0 Å². The third-order valence-electron chi connectivity index (χ3n) is 6.91. The van der Waals surface area contributed by atoms with Crippen LogP contribution in [0.5, 0.6) is 0 Å². The molecule has 0 fully saturated rings. The Morgan fingerprint density at radius 1 is 0.550 bits per heavy atom. The maximum Gasteiger partial charge on any atom is 0.0232 e. The van der Waals surface area contributed by atoms with Crippen LogP contribution in [0.15, 0.2) is 119 Å². The Kier molecular flexibility index (Phi) is 14.2. The van der Waals surface area contributed by atoms with Crippen molar-refractivity contribution in [3.8, 4) is 0 Å². The van der Waals surface area contributed by atoms with Crippen LogP contribution in [-0.4, -0.2) is 18.4 Å². The first kappa shape index (κ1) is 30.9. The highest BCUT2D eigenvalue weighted by Crippen LogP contribution is 2.27. The largest absolute Gasteiger partial charge is 0.312 e. The van der Waals surface area contributed by atoms with Crippen LogP contribution in [0.4, 0.5) is 0 Å². The minimum Gasteiger partial charge on any atom is -0.312 e. The molecule has 4 aromatic carbocycles. The van der Waals surface area contributed by atoms with Crippen molar-refractivity contribution in [2.24, 2.45) is 5.92 Å². The third kappa shape index (κ3) is 11.1. The predicted molar refractivity (Wildman–Crippen MR) is 179 cm³/mol. The summed E-state index contributed by atoms with van der Waals surface area (Å²) in [5.74, 6) is 2.61. The van der Waals surface area contributed by atoms with E-state index in [1.54, 1.807) is 0 Å². The summed E-state index contributed by atoms with van der Waals surface area (Å²) in [5.41, 5.74) is 5.52. The molecule has 0 amide bonds. The van der Waals surface area contributed by atoms with E-state index in [1.807, 2.05) is 23.5 Å². The monoisotopic (exact) mass is 632 g/mol. The molecule has 0 unspecified atom stereocenters. The van der Waals surface area contributed by atoms with Gasteiger partial charge in [-0.15, -0.1) is 23.5 Å². The second-order valence-electron chi connectivity index (χ2n) is 10.1. The molecule has 0 aliphatic carbocycles. The Balaban J connectivity index is 1.26. The van der Waals surface area contributed by atoms with Crippen LogP contribution in [0.1, 0.15) is 41.5 Å². The Morgan fingerprint density at radius 2 is 1.00 bits per heavy atom. The Bertz CT molecular complexity index is 1140. The maximum absolute atomic E-state index is 3.80. The minimum atomic E-state index is 0.604. The first-order valence-electron chi connectivity index (χ1n) is 14.3. The summed E-state index contributed by atoms with van der Waals surface area (Å²) in [7, 11) is 0. The van der Waals surface area contributed by atoms with Gasteiger partial charge >= 0.3 is 0 Å². The summed E-state index contributed by atoms with van der Waals surface area (Å²) in [6, 6.07) is 39.1. The molecule has 0 saturated carbocycles. The third-order valence-corrected chi connectivity index (χ3v) is 9.85. The average molecular weight is 634 g/mol. The van der Waals surface area contributed by atoms with Gasteiger partial charge in [0.25, 0.3) is 0 Å². The second-order valence-corrected chi connectivity index (χ2v) is 12.9. The minimum absolute atomic E-state index is 0.604. The summed E-state index contributed by atoms with van der Waals surface area (Å²) < 4.78 is 0. The number of hydrogen-bond acceptors (Lipinski definition) is 4. The van der Waals surface area contributed by atoms with Crippen molar-refractivity contribution in [2.45, 2.75) is 53.6 Å². The average Bonchev–Trinajstić information content (AvgIpc) is 3.01. The van der Waals surface area contributed by atoms with Gasteiger partial charge in [-0.1, -0.05) is 119 Å². The van der Waals surface area contributed by atoms with Gasteiger partial charge in [-0.2, -0.15) is 0 Å².